The first-order chi connectivity index (χ1) is 14.6. The lowest BCUT2D eigenvalue weighted by atomic mass is 10.1. The Morgan fingerprint density at radius 1 is 1.03 bits per heavy atom. The lowest BCUT2D eigenvalue weighted by Crippen LogP contribution is -2.03. The molecule has 0 heterocycles. The molecule has 0 saturated carbocycles. The predicted molar refractivity (Wildman–Crippen MR) is 115 cm³/mol. The van der Waals surface area contributed by atoms with Crippen molar-refractivity contribution >= 4 is 17.6 Å². The number of nitro groups is 1. The van der Waals surface area contributed by atoms with Gasteiger partial charge in [-0.3, -0.25) is 15.5 Å². The van der Waals surface area contributed by atoms with Crippen LogP contribution >= 0.6 is 0 Å². The molecule has 1 N–H and O–H groups in total. The number of nitrogens with zero attached hydrogens (tertiary/aromatic N) is 2. The molecular formula is C22H21N3O5. The zero-order valence-corrected chi connectivity index (χ0v) is 16.6. The molecule has 0 saturated heterocycles. The lowest BCUT2D eigenvalue weighted by molar-refractivity contribution is -0.386. The quantitative estimate of drug-likeness (QED) is 0.315. The van der Waals surface area contributed by atoms with Gasteiger partial charge >= 0.3 is 5.69 Å². The van der Waals surface area contributed by atoms with Crippen LogP contribution in [-0.2, 0) is 6.61 Å². The second kappa shape index (κ2) is 9.92. The van der Waals surface area contributed by atoms with Gasteiger partial charge in [0.1, 0.15) is 12.4 Å². The molecule has 0 aliphatic rings. The summed E-state index contributed by atoms with van der Waals surface area (Å²) in [5.74, 6) is 1.06. The maximum atomic E-state index is 11.6. The molecule has 0 aliphatic heterocycles. The van der Waals surface area contributed by atoms with Gasteiger partial charge in [0.25, 0.3) is 0 Å². The first kappa shape index (κ1) is 20.7. The van der Waals surface area contributed by atoms with E-state index in [0.717, 1.165) is 17.0 Å². The van der Waals surface area contributed by atoms with Crippen molar-refractivity contribution in [1.82, 2.24) is 0 Å². The number of nitro benzene ring substituents is 1. The van der Waals surface area contributed by atoms with E-state index in [-0.39, 0.29) is 23.8 Å². The first-order valence-corrected chi connectivity index (χ1v) is 9.07. The van der Waals surface area contributed by atoms with E-state index in [1.807, 2.05) is 30.3 Å². The van der Waals surface area contributed by atoms with E-state index < -0.39 is 4.92 Å². The second-order valence-corrected chi connectivity index (χ2v) is 6.20. The number of methoxy groups -OCH3 is 2. The summed E-state index contributed by atoms with van der Waals surface area (Å²) in [7, 11) is 3.03. The Balaban J connectivity index is 1.79. The molecule has 0 atom stereocenters. The standard InChI is InChI=1S/C22H21N3O5/c1-28-19-10-8-18(9-11-19)24-23-14-17-12-20(25(26)27)22(21(13-17)29-2)30-15-16-6-4-3-5-7-16/h3-14,24H,15H2,1-2H3/b23-14+. The molecule has 3 rings (SSSR count). The lowest BCUT2D eigenvalue weighted by Gasteiger charge is -2.12. The van der Waals surface area contributed by atoms with Gasteiger partial charge in [0.15, 0.2) is 5.75 Å². The van der Waals surface area contributed by atoms with Crippen LogP contribution in [0.2, 0.25) is 0 Å². The molecule has 8 nitrogen and oxygen atoms in total. The highest BCUT2D eigenvalue weighted by molar-refractivity contribution is 5.83. The van der Waals surface area contributed by atoms with Gasteiger partial charge in [-0.25, -0.2) is 0 Å². The van der Waals surface area contributed by atoms with Crippen LogP contribution in [0.15, 0.2) is 71.8 Å². The van der Waals surface area contributed by atoms with Gasteiger partial charge in [-0.2, -0.15) is 5.10 Å². The van der Waals surface area contributed by atoms with Crippen LogP contribution in [0.25, 0.3) is 0 Å². The zero-order valence-electron chi connectivity index (χ0n) is 16.6. The maximum Gasteiger partial charge on any atom is 0.315 e. The van der Waals surface area contributed by atoms with E-state index in [0.29, 0.717) is 5.56 Å². The first-order valence-electron chi connectivity index (χ1n) is 9.07. The van der Waals surface area contributed by atoms with Gasteiger partial charge in [-0.1, -0.05) is 30.3 Å². The van der Waals surface area contributed by atoms with E-state index in [1.165, 1.54) is 19.4 Å². The van der Waals surface area contributed by atoms with Crippen molar-refractivity contribution in [3.63, 3.8) is 0 Å². The third-order valence-corrected chi connectivity index (χ3v) is 4.20. The number of nitrogens with one attached hydrogen (secondary N) is 1. The van der Waals surface area contributed by atoms with Gasteiger partial charge in [0.2, 0.25) is 5.75 Å². The summed E-state index contributed by atoms with van der Waals surface area (Å²) in [4.78, 5) is 11.1. The van der Waals surface area contributed by atoms with Crippen LogP contribution in [0, 0.1) is 10.1 Å². The summed E-state index contributed by atoms with van der Waals surface area (Å²) in [6.07, 6.45) is 1.47. The monoisotopic (exact) mass is 407 g/mol. The van der Waals surface area contributed by atoms with E-state index >= 15 is 0 Å². The molecule has 3 aromatic carbocycles. The fourth-order valence-corrected chi connectivity index (χ4v) is 2.69. The van der Waals surface area contributed by atoms with E-state index in [1.54, 1.807) is 37.4 Å². The number of hydrogen-bond donors (Lipinski definition) is 1. The van der Waals surface area contributed by atoms with Crippen LogP contribution < -0.4 is 19.6 Å². The molecule has 0 unspecified atom stereocenters. The summed E-state index contributed by atoms with van der Waals surface area (Å²) < 4.78 is 16.2. The maximum absolute atomic E-state index is 11.6. The molecule has 0 aliphatic carbocycles. The van der Waals surface area contributed by atoms with Crippen molar-refractivity contribution in [2.24, 2.45) is 5.10 Å². The highest BCUT2D eigenvalue weighted by Crippen LogP contribution is 2.38. The van der Waals surface area contributed by atoms with Crippen LogP contribution in [0.5, 0.6) is 17.2 Å². The Labute approximate surface area is 173 Å². The highest BCUT2D eigenvalue weighted by Gasteiger charge is 2.22. The number of rotatable bonds is 9. The summed E-state index contributed by atoms with van der Waals surface area (Å²) in [6.45, 7) is 0.185. The Morgan fingerprint density at radius 2 is 1.77 bits per heavy atom. The van der Waals surface area contributed by atoms with Crippen molar-refractivity contribution in [3.05, 3.63) is 88.0 Å². The molecule has 3 aromatic rings. The Hall–Kier alpha value is -4.07. The SMILES string of the molecule is COc1ccc(N/N=C/c2cc(OC)c(OCc3ccccc3)c([N+](=O)[O-])c2)cc1. The Bertz CT molecular complexity index is 1020. The molecular weight excluding hydrogens is 386 g/mol. The minimum absolute atomic E-state index is 0.0756. The fourth-order valence-electron chi connectivity index (χ4n) is 2.69. The van der Waals surface area contributed by atoms with E-state index in [9.17, 15) is 10.1 Å². The molecule has 8 heteroatoms. The van der Waals surface area contributed by atoms with Crippen molar-refractivity contribution < 1.29 is 19.1 Å². The van der Waals surface area contributed by atoms with Crippen LogP contribution in [-0.4, -0.2) is 25.4 Å². The number of ether oxygens (including phenoxy) is 3. The zero-order chi connectivity index (χ0) is 21.3. The van der Waals surface area contributed by atoms with Crippen molar-refractivity contribution in [2.75, 3.05) is 19.6 Å². The van der Waals surface area contributed by atoms with Crippen LogP contribution in [0.1, 0.15) is 11.1 Å². The van der Waals surface area contributed by atoms with Crippen molar-refractivity contribution in [3.8, 4) is 17.2 Å². The number of hydrogen-bond acceptors (Lipinski definition) is 7. The topological polar surface area (TPSA) is 95.2 Å². The number of anilines is 1. The normalized spacial score (nSPS) is 10.6. The molecule has 0 radical (unpaired) electrons. The minimum atomic E-state index is -0.503. The third kappa shape index (κ3) is 5.26. The predicted octanol–water partition coefficient (Wildman–Crippen LogP) is 4.64. The summed E-state index contributed by atoms with van der Waals surface area (Å²) >= 11 is 0. The fraction of sp³-hybridized carbons (Fsp3) is 0.136. The summed E-state index contributed by atoms with van der Waals surface area (Å²) in [6, 6.07) is 19.6. The van der Waals surface area contributed by atoms with Gasteiger partial charge in [0, 0.05) is 11.6 Å². The molecule has 0 spiro atoms. The van der Waals surface area contributed by atoms with Crippen molar-refractivity contribution in [2.45, 2.75) is 6.61 Å². The average Bonchev–Trinajstić information content (AvgIpc) is 2.78. The number of benzene rings is 3. The van der Waals surface area contributed by atoms with E-state index in [2.05, 4.69) is 10.5 Å². The van der Waals surface area contributed by atoms with Gasteiger partial charge in [-0.15, -0.1) is 0 Å². The molecule has 154 valence electrons. The molecule has 0 bridgehead atoms. The Kier molecular flexibility index (Phi) is 6.83. The van der Waals surface area contributed by atoms with Gasteiger partial charge in [0.05, 0.1) is 31.0 Å². The Morgan fingerprint density at radius 3 is 2.40 bits per heavy atom. The van der Waals surface area contributed by atoms with E-state index in [4.69, 9.17) is 14.2 Å². The molecule has 30 heavy (non-hydrogen) atoms. The third-order valence-electron chi connectivity index (χ3n) is 4.20. The second-order valence-electron chi connectivity index (χ2n) is 6.20. The minimum Gasteiger partial charge on any atom is -0.497 e. The van der Waals surface area contributed by atoms with Crippen LogP contribution in [0.4, 0.5) is 11.4 Å². The van der Waals surface area contributed by atoms with Gasteiger partial charge < -0.3 is 14.2 Å². The summed E-state index contributed by atoms with van der Waals surface area (Å²) in [5, 5.41) is 15.7. The summed E-state index contributed by atoms with van der Waals surface area (Å²) in [5.41, 5.74) is 4.80. The largest absolute Gasteiger partial charge is 0.497 e. The molecule has 0 aromatic heterocycles. The molecule has 0 amide bonds. The molecule has 0 fully saturated rings. The highest BCUT2D eigenvalue weighted by atomic mass is 16.6. The van der Waals surface area contributed by atoms with Gasteiger partial charge in [-0.05, 0) is 35.9 Å². The number of hydrazone groups is 1. The smallest absolute Gasteiger partial charge is 0.315 e. The van der Waals surface area contributed by atoms with Crippen molar-refractivity contribution in [1.29, 1.82) is 0 Å². The van der Waals surface area contributed by atoms with Crippen LogP contribution in [0.3, 0.4) is 0 Å². The average molecular weight is 407 g/mol.